The molecule has 3 rings (SSSR count). The number of carbonyl (C=O) groups excluding carboxylic acids is 1. The largest absolute Gasteiger partial charge is 0.508 e. The zero-order valence-corrected chi connectivity index (χ0v) is 17.0. The van der Waals surface area contributed by atoms with Gasteiger partial charge < -0.3 is 30.5 Å². The second-order valence-electron chi connectivity index (χ2n) is 7.40. The number of carbonyl (C=O) groups is 1. The number of hydrogen-bond donors (Lipinski definition) is 3. The van der Waals surface area contributed by atoms with Crippen LogP contribution in [0.3, 0.4) is 0 Å². The summed E-state index contributed by atoms with van der Waals surface area (Å²) in [7, 11) is 0. The standard InChI is InChI=1S/C22H29N3O4/c1-15-11-17(12-16(2)21(15)29-20-5-3-19(26)4-6-20)13-18(23)14-24-22(27)25-7-9-28-10-8-25/h3-6,11-12,18,26H,7-10,13-14,23H2,1-2H3,(H,24,27). The highest BCUT2D eigenvalue weighted by Gasteiger charge is 2.17. The fourth-order valence-corrected chi connectivity index (χ4v) is 3.42. The first-order valence-electron chi connectivity index (χ1n) is 9.85. The summed E-state index contributed by atoms with van der Waals surface area (Å²) in [6.45, 7) is 6.80. The zero-order valence-electron chi connectivity index (χ0n) is 17.0. The summed E-state index contributed by atoms with van der Waals surface area (Å²) >= 11 is 0. The van der Waals surface area contributed by atoms with Gasteiger partial charge in [0.1, 0.15) is 17.2 Å². The second kappa shape index (κ2) is 9.62. The minimum absolute atomic E-state index is 0.0891. The van der Waals surface area contributed by atoms with Crippen LogP contribution in [0.15, 0.2) is 36.4 Å². The quantitative estimate of drug-likeness (QED) is 0.694. The minimum Gasteiger partial charge on any atom is -0.508 e. The molecule has 1 unspecified atom stereocenters. The molecule has 2 amide bonds. The SMILES string of the molecule is Cc1cc(CC(N)CNC(=O)N2CCOCC2)cc(C)c1Oc1ccc(O)cc1. The van der Waals surface area contributed by atoms with Crippen molar-refractivity contribution in [3.05, 3.63) is 53.1 Å². The summed E-state index contributed by atoms with van der Waals surface area (Å²) in [5.41, 5.74) is 9.37. The first kappa shape index (κ1) is 21.0. The van der Waals surface area contributed by atoms with Gasteiger partial charge in [-0.1, -0.05) is 12.1 Å². The third-order valence-corrected chi connectivity index (χ3v) is 4.89. The molecule has 0 bridgehead atoms. The van der Waals surface area contributed by atoms with Crippen molar-refractivity contribution in [2.45, 2.75) is 26.3 Å². The summed E-state index contributed by atoms with van der Waals surface area (Å²) in [5.74, 6) is 1.67. The number of benzene rings is 2. The maximum Gasteiger partial charge on any atom is 0.317 e. The lowest BCUT2D eigenvalue weighted by atomic mass is 10.0. The van der Waals surface area contributed by atoms with Gasteiger partial charge in [0.25, 0.3) is 0 Å². The molecule has 1 aliphatic heterocycles. The number of ether oxygens (including phenoxy) is 2. The van der Waals surface area contributed by atoms with Gasteiger partial charge in [0.05, 0.1) is 13.2 Å². The van der Waals surface area contributed by atoms with Crippen molar-refractivity contribution in [3.8, 4) is 17.2 Å². The Bertz CT molecular complexity index is 809. The van der Waals surface area contributed by atoms with E-state index in [1.807, 2.05) is 13.8 Å². The fraction of sp³-hybridized carbons (Fsp3) is 0.409. The van der Waals surface area contributed by atoms with Crippen LogP contribution in [0.2, 0.25) is 0 Å². The average molecular weight is 399 g/mol. The Balaban J connectivity index is 1.56. The van der Waals surface area contributed by atoms with Crippen LogP contribution >= 0.6 is 0 Å². The molecule has 0 spiro atoms. The minimum atomic E-state index is -0.178. The van der Waals surface area contributed by atoms with Gasteiger partial charge in [0.2, 0.25) is 0 Å². The maximum absolute atomic E-state index is 12.2. The third kappa shape index (κ3) is 5.85. The molecule has 7 nitrogen and oxygen atoms in total. The number of nitrogens with two attached hydrogens (primary N) is 1. The number of phenols is 1. The summed E-state index contributed by atoms with van der Waals surface area (Å²) in [6, 6.07) is 10.5. The molecular weight excluding hydrogens is 370 g/mol. The monoisotopic (exact) mass is 399 g/mol. The van der Waals surface area contributed by atoms with Crippen molar-refractivity contribution in [2.75, 3.05) is 32.8 Å². The van der Waals surface area contributed by atoms with Gasteiger partial charge in [-0.15, -0.1) is 0 Å². The summed E-state index contributed by atoms with van der Waals surface area (Å²) in [6.07, 6.45) is 0.657. The predicted octanol–water partition coefficient (Wildman–Crippen LogP) is 2.71. The number of aromatic hydroxyl groups is 1. The lowest BCUT2D eigenvalue weighted by molar-refractivity contribution is 0.0531. The Morgan fingerprint density at radius 3 is 2.45 bits per heavy atom. The van der Waals surface area contributed by atoms with Crippen molar-refractivity contribution < 1.29 is 19.4 Å². The van der Waals surface area contributed by atoms with Gasteiger partial charge in [-0.05, 0) is 61.2 Å². The van der Waals surface area contributed by atoms with Crippen LogP contribution in [0.4, 0.5) is 4.79 Å². The van der Waals surface area contributed by atoms with E-state index in [0.717, 1.165) is 22.4 Å². The molecule has 1 fully saturated rings. The molecule has 2 aromatic carbocycles. The maximum atomic E-state index is 12.2. The van der Waals surface area contributed by atoms with Gasteiger partial charge in [-0.3, -0.25) is 0 Å². The van der Waals surface area contributed by atoms with E-state index in [1.54, 1.807) is 29.2 Å². The van der Waals surface area contributed by atoms with Crippen LogP contribution in [-0.2, 0) is 11.2 Å². The summed E-state index contributed by atoms with van der Waals surface area (Å²) < 4.78 is 11.2. The Morgan fingerprint density at radius 2 is 1.83 bits per heavy atom. The van der Waals surface area contributed by atoms with Gasteiger partial charge in [0, 0.05) is 25.7 Å². The Labute approximate surface area is 171 Å². The van der Waals surface area contributed by atoms with E-state index in [-0.39, 0.29) is 17.8 Å². The number of amides is 2. The van der Waals surface area contributed by atoms with E-state index >= 15 is 0 Å². The number of hydrogen-bond acceptors (Lipinski definition) is 5. The van der Waals surface area contributed by atoms with Gasteiger partial charge in [-0.25, -0.2) is 4.79 Å². The molecule has 1 atom stereocenters. The molecule has 1 aliphatic rings. The molecule has 0 aromatic heterocycles. The number of urea groups is 1. The number of morpholine rings is 1. The molecular formula is C22H29N3O4. The topological polar surface area (TPSA) is 97.1 Å². The van der Waals surface area contributed by atoms with E-state index in [4.69, 9.17) is 15.2 Å². The Hall–Kier alpha value is -2.77. The molecule has 4 N–H and O–H groups in total. The van der Waals surface area contributed by atoms with Crippen LogP contribution in [0.5, 0.6) is 17.2 Å². The van der Waals surface area contributed by atoms with Crippen LogP contribution in [0, 0.1) is 13.8 Å². The van der Waals surface area contributed by atoms with E-state index < -0.39 is 0 Å². The molecule has 2 aromatic rings. The zero-order chi connectivity index (χ0) is 20.8. The summed E-state index contributed by atoms with van der Waals surface area (Å²) in [4.78, 5) is 13.9. The van der Waals surface area contributed by atoms with E-state index in [2.05, 4.69) is 17.4 Å². The van der Waals surface area contributed by atoms with Crippen molar-refractivity contribution in [2.24, 2.45) is 5.73 Å². The first-order chi connectivity index (χ1) is 13.9. The van der Waals surface area contributed by atoms with E-state index in [9.17, 15) is 9.90 Å². The molecule has 7 heteroatoms. The van der Waals surface area contributed by atoms with Crippen LogP contribution < -0.4 is 15.8 Å². The number of phenolic OH excluding ortho intramolecular Hbond substituents is 1. The number of nitrogens with zero attached hydrogens (tertiary/aromatic N) is 1. The number of rotatable bonds is 6. The van der Waals surface area contributed by atoms with Crippen LogP contribution in [-0.4, -0.2) is 54.9 Å². The third-order valence-electron chi connectivity index (χ3n) is 4.89. The fourth-order valence-electron chi connectivity index (χ4n) is 3.42. The summed E-state index contributed by atoms with van der Waals surface area (Å²) in [5, 5.41) is 12.3. The highest BCUT2D eigenvalue weighted by molar-refractivity contribution is 5.74. The highest BCUT2D eigenvalue weighted by atomic mass is 16.5. The van der Waals surface area contributed by atoms with Crippen molar-refractivity contribution in [3.63, 3.8) is 0 Å². The predicted molar refractivity (Wildman–Crippen MR) is 112 cm³/mol. The lowest BCUT2D eigenvalue weighted by Crippen LogP contribution is -2.49. The lowest BCUT2D eigenvalue weighted by Gasteiger charge is -2.27. The molecule has 0 aliphatic carbocycles. The molecule has 29 heavy (non-hydrogen) atoms. The Morgan fingerprint density at radius 1 is 1.21 bits per heavy atom. The molecule has 156 valence electrons. The molecule has 0 saturated carbocycles. The number of nitrogens with one attached hydrogen (secondary N) is 1. The second-order valence-corrected chi connectivity index (χ2v) is 7.40. The van der Waals surface area contributed by atoms with Crippen molar-refractivity contribution in [1.29, 1.82) is 0 Å². The van der Waals surface area contributed by atoms with Crippen molar-refractivity contribution in [1.82, 2.24) is 10.2 Å². The van der Waals surface area contributed by atoms with E-state index in [0.29, 0.717) is 45.0 Å². The Kier molecular flexibility index (Phi) is 6.95. The number of aryl methyl sites for hydroxylation is 2. The normalized spacial score (nSPS) is 15.1. The molecule has 0 radical (unpaired) electrons. The first-order valence-corrected chi connectivity index (χ1v) is 9.85. The van der Waals surface area contributed by atoms with Gasteiger partial charge in [-0.2, -0.15) is 0 Å². The van der Waals surface area contributed by atoms with Crippen LogP contribution in [0.1, 0.15) is 16.7 Å². The van der Waals surface area contributed by atoms with Crippen LogP contribution in [0.25, 0.3) is 0 Å². The van der Waals surface area contributed by atoms with Gasteiger partial charge in [0.15, 0.2) is 0 Å². The van der Waals surface area contributed by atoms with Gasteiger partial charge >= 0.3 is 6.03 Å². The van der Waals surface area contributed by atoms with Crippen molar-refractivity contribution >= 4 is 6.03 Å². The molecule has 1 saturated heterocycles. The smallest absolute Gasteiger partial charge is 0.317 e. The van der Waals surface area contributed by atoms with E-state index in [1.165, 1.54) is 0 Å². The highest BCUT2D eigenvalue weighted by Crippen LogP contribution is 2.30. The average Bonchev–Trinajstić information content (AvgIpc) is 2.71. The molecule has 1 heterocycles.